The molecule has 1 atom stereocenters. The molecule has 0 bridgehead atoms. The van der Waals surface area contributed by atoms with Crippen LogP contribution in [0.5, 0.6) is 0 Å². The van der Waals surface area contributed by atoms with Crippen LogP contribution < -0.4 is 5.32 Å². The molecule has 1 N–H and O–H groups in total. The highest BCUT2D eigenvalue weighted by Gasteiger charge is 2.26. The number of nitrogens with one attached hydrogen (secondary N) is 1. The van der Waals surface area contributed by atoms with Crippen molar-refractivity contribution in [2.45, 2.75) is 25.9 Å². The Balaban J connectivity index is 1.32. The smallest absolute Gasteiger partial charge is 0.241 e. The number of aromatic nitrogens is 3. The van der Waals surface area contributed by atoms with Crippen LogP contribution in [0.3, 0.4) is 0 Å². The predicted octanol–water partition coefficient (Wildman–Crippen LogP) is 3.42. The molecule has 3 aromatic rings. The molecule has 7 nitrogen and oxygen atoms in total. The Morgan fingerprint density at radius 2 is 2.21 bits per heavy atom. The van der Waals surface area contributed by atoms with Gasteiger partial charge in [0, 0.05) is 22.8 Å². The molecule has 1 unspecified atom stereocenters. The number of piperidine rings is 1. The van der Waals surface area contributed by atoms with E-state index in [9.17, 15) is 4.79 Å². The molecule has 0 radical (unpaired) electrons. The van der Waals surface area contributed by atoms with Crippen molar-refractivity contribution in [3.8, 4) is 11.4 Å². The monoisotopic (exact) mass is 455 g/mol. The van der Waals surface area contributed by atoms with E-state index in [2.05, 4.69) is 41.3 Å². The number of likely N-dealkylation sites (tertiary alicyclic amines) is 1. The number of rotatable bonds is 6. The predicted molar refractivity (Wildman–Crippen MR) is 112 cm³/mol. The van der Waals surface area contributed by atoms with E-state index in [1.165, 1.54) is 0 Å². The summed E-state index contributed by atoms with van der Waals surface area (Å²) < 4.78 is 6.41. The zero-order chi connectivity index (χ0) is 20.1. The second-order valence-electron chi connectivity index (χ2n) is 7.14. The molecule has 1 aromatic carbocycles. The average molecular weight is 456 g/mol. The number of carbonyl (C=O) groups is 1. The molecule has 0 aliphatic carbocycles. The Labute approximate surface area is 177 Å². The molecule has 1 aliphatic heterocycles. The number of hydrogen-bond acceptors (Lipinski definition) is 6. The second kappa shape index (κ2) is 9.28. The summed E-state index contributed by atoms with van der Waals surface area (Å²) in [6.45, 7) is 2.60. The topological polar surface area (TPSA) is 84.2 Å². The zero-order valence-corrected chi connectivity index (χ0v) is 17.5. The maximum atomic E-state index is 12.6. The van der Waals surface area contributed by atoms with Crippen LogP contribution in [-0.4, -0.2) is 39.0 Å². The fourth-order valence-electron chi connectivity index (χ4n) is 3.49. The van der Waals surface area contributed by atoms with Gasteiger partial charge in [-0.2, -0.15) is 4.98 Å². The number of nitrogens with zero attached hydrogens (tertiary/aromatic N) is 4. The van der Waals surface area contributed by atoms with E-state index in [-0.39, 0.29) is 11.8 Å². The Bertz CT molecular complexity index is 962. The number of pyridine rings is 1. The van der Waals surface area contributed by atoms with Crippen molar-refractivity contribution in [3.05, 3.63) is 64.7 Å². The molecule has 1 amide bonds. The van der Waals surface area contributed by atoms with Gasteiger partial charge in [0.15, 0.2) is 0 Å². The molecule has 1 aliphatic rings. The first-order chi connectivity index (χ1) is 14.2. The van der Waals surface area contributed by atoms with Gasteiger partial charge in [-0.05, 0) is 43.7 Å². The standard InChI is InChI=1S/C21H22BrN5O2/c22-17-7-3-5-15(11-17)20-25-19(29-26-20)14-27-10-4-6-16(13-27)21(28)24-12-18-8-1-2-9-23-18/h1-3,5,7-9,11,16H,4,6,10,12-14H2,(H,24,28). The molecule has 29 heavy (non-hydrogen) atoms. The molecule has 1 saturated heterocycles. The number of carbonyl (C=O) groups excluding carboxylic acids is 1. The van der Waals surface area contributed by atoms with E-state index < -0.39 is 0 Å². The highest BCUT2D eigenvalue weighted by molar-refractivity contribution is 9.10. The van der Waals surface area contributed by atoms with Crippen LogP contribution in [-0.2, 0) is 17.9 Å². The Hall–Kier alpha value is -2.58. The van der Waals surface area contributed by atoms with Gasteiger partial charge in [0.1, 0.15) is 0 Å². The third-order valence-electron chi connectivity index (χ3n) is 4.96. The summed E-state index contributed by atoms with van der Waals surface area (Å²) in [7, 11) is 0. The van der Waals surface area contributed by atoms with Crippen molar-refractivity contribution >= 4 is 21.8 Å². The third kappa shape index (κ3) is 5.27. The molecule has 3 heterocycles. The summed E-state index contributed by atoms with van der Waals surface area (Å²) in [6.07, 6.45) is 3.59. The summed E-state index contributed by atoms with van der Waals surface area (Å²) in [5.74, 6) is 1.16. The summed E-state index contributed by atoms with van der Waals surface area (Å²) in [6, 6.07) is 13.5. The fraction of sp³-hybridized carbons (Fsp3) is 0.333. The lowest BCUT2D eigenvalue weighted by Gasteiger charge is -2.30. The molecule has 150 valence electrons. The minimum absolute atomic E-state index is 0.0417. The van der Waals surface area contributed by atoms with Crippen molar-refractivity contribution < 1.29 is 9.32 Å². The van der Waals surface area contributed by atoms with Crippen LogP contribution in [0.2, 0.25) is 0 Å². The molecular weight excluding hydrogens is 434 g/mol. The van der Waals surface area contributed by atoms with Gasteiger partial charge in [-0.3, -0.25) is 14.7 Å². The van der Waals surface area contributed by atoms with E-state index in [4.69, 9.17) is 4.52 Å². The Morgan fingerprint density at radius 1 is 1.28 bits per heavy atom. The van der Waals surface area contributed by atoms with Gasteiger partial charge in [-0.25, -0.2) is 0 Å². The molecule has 8 heteroatoms. The van der Waals surface area contributed by atoms with Crippen LogP contribution in [0.15, 0.2) is 57.7 Å². The molecule has 4 rings (SSSR count). The van der Waals surface area contributed by atoms with E-state index in [0.717, 1.165) is 35.1 Å². The molecule has 0 saturated carbocycles. The molecule has 0 spiro atoms. The van der Waals surface area contributed by atoms with Crippen LogP contribution in [0.1, 0.15) is 24.4 Å². The number of amides is 1. The number of halogens is 1. The van der Waals surface area contributed by atoms with Crippen LogP contribution in [0.4, 0.5) is 0 Å². The van der Waals surface area contributed by atoms with Gasteiger partial charge in [-0.1, -0.05) is 39.3 Å². The molecule has 1 fully saturated rings. The van der Waals surface area contributed by atoms with Crippen LogP contribution in [0.25, 0.3) is 11.4 Å². The summed E-state index contributed by atoms with van der Waals surface area (Å²) in [5, 5.41) is 7.09. The quantitative estimate of drug-likeness (QED) is 0.612. The van der Waals surface area contributed by atoms with Gasteiger partial charge in [0.2, 0.25) is 17.6 Å². The van der Waals surface area contributed by atoms with Crippen molar-refractivity contribution in [1.82, 2.24) is 25.3 Å². The lowest BCUT2D eigenvalue weighted by atomic mass is 9.97. The van der Waals surface area contributed by atoms with Gasteiger partial charge in [0.25, 0.3) is 0 Å². The number of hydrogen-bond donors (Lipinski definition) is 1. The Kier molecular flexibility index (Phi) is 6.31. The summed E-state index contributed by atoms with van der Waals surface area (Å²) in [5.41, 5.74) is 1.76. The minimum atomic E-state index is -0.0417. The average Bonchev–Trinajstić information content (AvgIpc) is 3.21. The summed E-state index contributed by atoms with van der Waals surface area (Å²) >= 11 is 3.46. The van der Waals surface area contributed by atoms with Crippen molar-refractivity contribution in [1.29, 1.82) is 0 Å². The highest BCUT2D eigenvalue weighted by atomic mass is 79.9. The molecular formula is C21H22BrN5O2. The second-order valence-corrected chi connectivity index (χ2v) is 8.05. The normalized spacial score (nSPS) is 17.2. The maximum absolute atomic E-state index is 12.6. The maximum Gasteiger partial charge on any atom is 0.241 e. The van der Waals surface area contributed by atoms with E-state index in [1.807, 2.05) is 42.5 Å². The number of benzene rings is 1. The van der Waals surface area contributed by atoms with Crippen molar-refractivity contribution in [2.75, 3.05) is 13.1 Å². The fourth-order valence-corrected chi connectivity index (χ4v) is 3.89. The van der Waals surface area contributed by atoms with Gasteiger partial charge in [0.05, 0.1) is 24.7 Å². The van der Waals surface area contributed by atoms with Gasteiger partial charge in [-0.15, -0.1) is 0 Å². The van der Waals surface area contributed by atoms with Crippen molar-refractivity contribution in [2.24, 2.45) is 5.92 Å². The lowest BCUT2D eigenvalue weighted by molar-refractivity contribution is -0.127. The first-order valence-corrected chi connectivity index (χ1v) is 10.4. The lowest BCUT2D eigenvalue weighted by Crippen LogP contribution is -2.42. The third-order valence-corrected chi connectivity index (χ3v) is 5.45. The summed E-state index contributed by atoms with van der Waals surface area (Å²) in [4.78, 5) is 23.5. The molecule has 2 aromatic heterocycles. The van der Waals surface area contributed by atoms with E-state index in [0.29, 0.717) is 31.3 Å². The van der Waals surface area contributed by atoms with Crippen molar-refractivity contribution in [3.63, 3.8) is 0 Å². The highest BCUT2D eigenvalue weighted by Crippen LogP contribution is 2.22. The minimum Gasteiger partial charge on any atom is -0.350 e. The SMILES string of the molecule is O=C(NCc1ccccn1)C1CCCN(Cc2nc(-c3cccc(Br)c3)no2)C1. The van der Waals surface area contributed by atoms with Gasteiger partial charge >= 0.3 is 0 Å². The first kappa shape index (κ1) is 19.7. The zero-order valence-electron chi connectivity index (χ0n) is 15.9. The Morgan fingerprint density at radius 3 is 3.03 bits per heavy atom. The first-order valence-electron chi connectivity index (χ1n) is 9.66. The van der Waals surface area contributed by atoms with E-state index >= 15 is 0 Å². The largest absolute Gasteiger partial charge is 0.350 e. The van der Waals surface area contributed by atoms with Crippen LogP contribution >= 0.6 is 15.9 Å². The van der Waals surface area contributed by atoms with Crippen LogP contribution in [0, 0.1) is 5.92 Å². The van der Waals surface area contributed by atoms with E-state index in [1.54, 1.807) is 6.20 Å². The van der Waals surface area contributed by atoms with Gasteiger partial charge < -0.3 is 9.84 Å².